The Morgan fingerprint density at radius 1 is 1.17 bits per heavy atom. The molecule has 2 amide bonds. The Labute approximate surface area is 177 Å². The summed E-state index contributed by atoms with van der Waals surface area (Å²) in [6.07, 6.45) is 4.49. The number of imidazole rings is 1. The topological polar surface area (TPSA) is 67.2 Å². The summed E-state index contributed by atoms with van der Waals surface area (Å²) in [7, 11) is 0. The van der Waals surface area contributed by atoms with Gasteiger partial charge in [-0.25, -0.2) is 4.98 Å². The summed E-state index contributed by atoms with van der Waals surface area (Å²) in [6, 6.07) is 8.41. The number of nitrogens with one attached hydrogen (secondary N) is 1. The molecule has 1 fully saturated rings. The molecular weight excluding hydrogens is 384 g/mol. The standard InChI is InChI=1S/C22H32N4O2S/c1-15(2)26(16(3)4)21(28)14-29-22-24-18-11-7-8-12-19(18)25(22)13-20(27)23-17-9-5-6-10-17/h7-8,11-12,15-17H,5-6,9-10,13-14H2,1-4H3,(H,23,27). The van der Waals surface area contributed by atoms with Crippen molar-refractivity contribution in [2.24, 2.45) is 0 Å². The fourth-order valence-electron chi connectivity index (χ4n) is 4.18. The number of aromatic nitrogens is 2. The quantitative estimate of drug-likeness (QED) is 0.664. The number of hydrogen-bond acceptors (Lipinski definition) is 4. The van der Waals surface area contributed by atoms with Crippen molar-refractivity contribution in [2.75, 3.05) is 5.75 Å². The largest absolute Gasteiger partial charge is 0.352 e. The third-order valence-electron chi connectivity index (χ3n) is 5.37. The highest BCUT2D eigenvalue weighted by Crippen LogP contribution is 2.25. The van der Waals surface area contributed by atoms with Crippen LogP contribution in [0, 0.1) is 0 Å². The predicted octanol–water partition coefficient (Wildman–Crippen LogP) is 3.83. The van der Waals surface area contributed by atoms with Crippen LogP contribution in [0.5, 0.6) is 0 Å². The number of nitrogens with zero attached hydrogens (tertiary/aromatic N) is 3. The molecule has 1 aromatic carbocycles. The lowest BCUT2D eigenvalue weighted by Gasteiger charge is -2.30. The molecule has 6 nitrogen and oxygen atoms in total. The van der Waals surface area contributed by atoms with Gasteiger partial charge in [-0.2, -0.15) is 0 Å². The van der Waals surface area contributed by atoms with Crippen LogP contribution in [0.3, 0.4) is 0 Å². The van der Waals surface area contributed by atoms with E-state index in [9.17, 15) is 9.59 Å². The van der Waals surface area contributed by atoms with E-state index in [1.54, 1.807) is 0 Å². The molecule has 1 heterocycles. The van der Waals surface area contributed by atoms with Gasteiger partial charge in [0.05, 0.1) is 16.8 Å². The van der Waals surface area contributed by atoms with Crippen molar-refractivity contribution < 1.29 is 9.59 Å². The van der Waals surface area contributed by atoms with Crippen LogP contribution >= 0.6 is 11.8 Å². The van der Waals surface area contributed by atoms with Crippen LogP contribution in [-0.4, -0.2) is 50.1 Å². The maximum absolute atomic E-state index is 12.8. The number of carbonyl (C=O) groups excluding carboxylic acids is 2. The molecule has 0 radical (unpaired) electrons. The normalized spacial score (nSPS) is 14.8. The molecule has 3 rings (SSSR count). The van der Waals surface area contributed by atoms with Gasteiger partial charge in [-0.1, -0.05) is 36.7 Å². The van der Waals surface area contributed by atoms with Crippen LogP contribution in [0.4, 0.5) is 0 Å². The van der Waals surface area contributed by atoms with Gasteiger partial charge in [0.25, 0.3) is 0 Å². The summed E-state index contributed by atoms with van der Waals surface area (Å²) < 4.78 is 1.94. The predicted molar refractivity (Wildman–Crippen MR) is 118 cm³/mol. The fourth-order valence-corrected chi connectivity index (χ4v) is 5.06. The monoisotopic (exact) mass is 416 g/mol. The van der Waals surface area contributed by atoms with Gasteiger partial charge in [0.1, 0.15) is 6.54 Å². The van der Waals surface area contributed by atoms with Crippen LogP contribution in [0.2, 0.25) is 0 Å². The van der Waals surface area contributed by atoms with Gasteiger partial charge < -0.3 is 14.8 Å². The Balaban J connectivity index is 1.75. The van der Waals surface area contributed by atoms with Gasteiger partial charge in [0.15, 0.2) is 5.16 Å². The van der Waals surface area contributed by atoms with Crippen molar-refractivity contribution in [1.82, 2.24) is 19.8 Å². The molecule has 1 aliphatic carbocycles. The number of thioether (sulfide) groups is 1. The number of fused-ring (bicyclic) bond motifs is 1. The van der Waals surface area contributed by atoms with E-state index in [4.69, 9.17) is 4.98 Å². The van der Waals surface area contributed by atoms with Crippen molar-refractivity contribution in [2.45, 2.75) is 83.2 Å². The molecule has 1 N–H and O–H groups in total. The smallest absolute Gasteiger partial charge is 0.240 e. The van der Waals surface area contributed by atoms with E-state index in [-0.39, 0.29) is 30.4 Å². The van der Waals surface area contributed by atoms with E-state index in [1.165, 1.54) is 24.6 Å². The molecule has 158 valence electrons. The summed E-state index contributed by atoms with van der Waals surface area (Å²) in [5.74, 6) is 0.414. The zero-order chi connectivity index (χ0) is 21.0. The molecular formula is C22H32N4O2S. The first-order valence-electron chi connectivity index (χ1n) is 10.6. The number of carbonyl (C=O) groups is 2. The minimum absolute atomic E-state index is 0.0132. The van der Waals surface area contributed by atoms with Crippen molar-refractivity contribution >= 4 is 34.6 Å². The molecule has 1 aliphatic rings. The SMILES string of the molecule is CC(C)N(C(=O)CSc1nc2ccccc2n1CC(=O)NC1CCCC1)C(C)C. The maximum atomic E-state index is 12.8. The van der Waals surface area contributed by atoms with Crippen molar-refractivity contribution in [3.05, 3.63) is 24.3 Å². The van der Waals surface area contributed by atoms with E-state index >= 15 is 0 Å². The Bertz CT molecular complexity index is 848. The Hall–Kier alpha value is -2.02. The second kappa shape index (κ2) is 9.65. The molecule has 0 bridgehead atoms. The first-order chi connectivity index (χ1) is 13.9. The highest BCUT2D eigenvalue weighted by molar-refractivity contribution is 7.99. The van der Waals surface area contributed by atoms with Crippen molar-refractivity contribution in [3.8, 4) is 0 Å². The van der Waals surface area contributed by atoms with Crippen LogP contribution in [0.15, 0.2) is 29.4 Å². The lowest BCUT2D eigenvalue weighted by molar-refractivity contribution is -0.131. The molecule has 1 aromatic heterocycles. The third-order valence-corrected chi connectivity index (χ3v) is 6.33. The number of benzene rings is 1. The van der Waals surface area contributed by atoms with Gasteiger partial charge in [0.2, 0.25) is 11.8 Å². The zero-order valence-corrected chi connectivity index (χ0v) is 18.7. The molecule has 29 heavy (non-hydrogen) atoms. The van der Waals surface area contributed by atoms with Crippen LogP contribution < -0.4 is 5.32 Å². The van der Waals surface area contributed by atoms with Gasteiger partial charge in [-0.05, 0) is 52.7 Å². The highest BCUT2D eigenvalue weighted by atomic mass is 32.2. The minimum atomic E-state index is 0.0132. The molecule has 1 saturated carbocycles. The Kier molecular flexibility index (Phi) is 7.22. The number of rotatable bonds is 8. The highest BCUT2D eigenvalue weighted by Gasteiger charge is 2.23. The molecule has 0 atom stereocenters. The molecule has 0 unspecified atom stereocenters. The van der Waals surface area contributed by atoms with Crippen LogP contribution in [-0.2, 0) is 16.1 Å². The third kappa shape index (κ3) is 5.32. The van der Waals surface area contributed by atoms with Gasteiger partial charge in [0, 0.05) is 18.1 Å². The summed E-state index contributed by atoms with van der Waals surface area (Å²) in [4.78, 5) is 32.0. The van der Waals surface area contributed by atoms with Gasteiger partial charge in [-0.15, -0.1) is 0 Å². The Morgan fingerprint density at radius 2 is 1.83 bits per heavy atom. The van der Waals surface area contributed by atoms with Crippen LogP contribution in [0.1, 0.15) is 53.4 Å². The van der Waals surface area contributed by atoms with Crippen molar-refractivity contribution in [3.63, 3.8) is 0 Å². The molecule has 7 heteroatoms. The van der Waals surface area contributed by atoms with Crippen LogP contribution in [0.25, 0.3) is 11.0 Å². The fraction of sp³-hybridized carbons (Fsp3) is 0.591. The van der Waals surface area contributed by atoms with E-state index in [1.807, 2.05) is 61.4 Å². The second-order valence-electron chi connectivity index (χ2n) is 8.30. The average molecular weight is 417 g/mol. The van der Waals surface area contributed by atoms with Gasteiger partial charge in [-0.3, -0.25) is 9.59 Å². The lowest BCUT2D eigenvalue weighted by Crippen LogP contribution is -2.43. The number of para-hydroxylation sites is 2. The van der Waals surface area contributed by atoms with Crippen molar-refractivity contribution in [1.29, 1.82) is 0 Å². The summed E-state index contributed by atoms with van der Waals surface area (Å²) in [5, 5.41) is 3.87. The molecule has 2 aromatic rings. The summed E-state index contributed by atoms with van der Waals surface area (Å²) in [6.45, 7) is 8.36. The van der Waals surface area contributed by atoms with E-state index in [0.29, 0.717) is 17.0 Å². The second-order valence-corrected chi connectivity index (χ2v) is 9.24. The maximum Gasteiger partial charge on any atom is 0.240 e. The lowest BCUT2D eigenvalue weighted by atomic mass is 10.2. The average Bonchev–Trinajstić information content (AvgIpc) is 3.27. The molecule has 0 spiro atoms. The summed E-state index contributed by atoms with van der Waals surface area (Å²) in [5.41, 5.74) is 1.77. The zero-order valence-electron chi connectivity index (χ0n) is 17.9. The molecule has 0 saturated heterocycles. The molecule has 0 aliphatic heterocycles. The summed E-state index contributed by atoms with van der Waals surface area (Å²) >= 11 is 1.41. The first-order valence-corrected chi connectivity index (χ1v) is 11.5. The minimum Gasteiger partial charge on any atom is -0.352 e. The van der Waals surface area contributed by atoms with E-state index in [0.717, 1.165) is 23.9 Å². The van der Waals surface area contributed by atoms with E-state index in [2.05, 4.69) is 5.32 Å². The number of amides is 2. The number of hydrogen-bond donors (Lipinski definition) is 1. The van der Waals surface area contributed by atoms with E-state index < -0.39 is 0 Å². The Morgan fingerprint density at radius 3 is 2.48 bits per heavy atom. The first kappa shape index (κ1) is 21.7. The van der Waals surface area contributed by atoms with Gasteiger partial charge >= 0.3 is 0 Å².